The van der Waals surface area contributed by atoms with Crippen molar-refractivity contribution >= 4 is 10.9 Å². The fourth-order valence-corrected chi connectivity index (χ4v) is 2.05. The number of para-hydroxylation sites is 1. The zero-order valence-corrected chi connectivity index (χ0v) is 10.3. The van der Waals surface area contributed by atoms with Crippen molar-refractivity contribution in [2.75, 3.05) is 13.1 Å². The number of terminal acetylenes is 1. The van der Waals surface area contributed by atoms with Gasteiger partial charge in [-0.15, -0.1) is 12.3 Å². The van der Waals surface area contributed by atoms with Gasteiger partial charge < -0.3 is 11.1 Å². The highest BCUT2D eigenvalue weighted by atomic mass is 14.9. The summed E-state index contributed by atoms with van der Waals surface area (Å²) in [6, 6.07) is 10.2. The average Bonchev–Trinajstić information content (AvgIpc) is 2.43. The summed E-state index contributed by atoms with van der Waals surface area (Å²) < 4.78 is 0. The number of hydrogen-bond acceptors (Lipinski definition) is 3. The quantitative estimate of drug-likeness (QED) is 0.618. The largest absolute Gasteiger partial charge is 0.329 e. The molecule has 0 spiro atoms. The van der Waals surface area contributed by atoms with E-state index in [0.29, 0.717) is 13.0 Å². The van der Waals surface area contributed by atoms with E-state index in [1.54, 1.807) is 6.20 Å². The van der Waals surface area contributed by atoms with Gasteiger partial charge in [-0.1, -0.05) is 24.3 Å². The molecule has 0 saturated carbocycles. The molecule has 1 unspecified atom stereocenters. The lowest BCUT2D eigenvalue weighted by atomic mass is 10.0. The van der Waals surface area contributed by atoms with Crippen LogP contribution in [0.2, 0.25) is 0 Å². The summed E-state index contributed by atoms with van der Waals surface area (Å²) in [4.78, 5) is 4.44. The number of hydrogen-bond donors (Lipinski definition) is 2. The van der Waals surface area contributed by atoms with Crippen molar-refractivity contribution < 1.29 is 0 Å². The van der Waals surface area contributed by atoms with Gasteiger partial charge in [-0.25, -0.2) is 0 Å². The normalized spacial score (nSPS) is 12.2. The first kappa shape index (κ1) is 12.6. The van der Waals surface area contributed by atoms with E-state index in [2.05, 4.69) is 34.4 Å². The summed E-state index contributed by atoms with van der Waals surface area (Å²) >= 11 is 0. The molecule has 18 heavy (non-hydrogen) atoms. The summed E-state index contributed by atoms with van der Waals surface area (Å²) in [5, 5.41) is 4.50. The third-order valence-corrected chi connectivity index (χ3v) is 2.94. The van der Waals surface area contributed by atoms with Crippen LogP contribution in [0.1, 0.15) is 18.0 Å². The number of aromatic nitrogens is 1. The molecule has 1 aromatic heterocycles. The SMILES string of the molecule is C#CCCNC(CN)c1cccc2cccnc12. The zero-order chi connectivity index (χ0) is 12.8. The van der Waals surface area contributed by atoms with Gasteiger partial charge in [0.15, 0.2) is 0 Å². The molecule has 1 heterocycles. The fraction of sp³-hybridized carbons (Fsp3) is 0.267. The molecule has 0 amide bonds. The third-order valence-electron chi connectivity index (χ3n) is 2.94. The predicted octanol–water partition coefficient (Wildman–Crippen LogP) is 1.85. The number of nitrogens with zero attached hydrogens (tertiary/aromatic N) is 1. The average molecular weight is 239 g/mol. The van der Waals surface area contributed by atoms with Gasteiger partial charge in [0.2, 0.25) is 0 Å². The Labute approximate surface area is 107 Å². The molecule has 2 aromatic rings. The maximum absolute atomic E-state index is 5.84. The highest BCUT2D eigenvalue weighted by Crippen LogP contribution is 2.21. The van der Waals surface area contributed by atoms with E-state index in [1.165, 1.54) is 0 Å². The van der Waals surface area contributed by atoms with Crippen molar-refractivity contribution in [1.82, 2.24) is 10.3 Å². The van der Waals surface area contributed by atoms with Gasteiger partial charge in [-0.3, -0.25) is 4.98 Å². The van der Waals surface area contributed by atoms with E-state index >= 15 is 0 Å². The van der Waals surface area contributed by atoms with Gasteiger partial charge in [0.05, 0.1) is 5.52 Å². The minimum atomic E-state index is 0.0944. The number of rotatable bonds is 5. The van der Waals surface area contributed by atoms with E-state index in [0.717, 1.165) is 23.0 Å². The second kappa shape index (κ2) is 6.15. The van der Waals surface area contributed by atoms with Crippen LogP contribution in [0.4, 0.5) is 0 Å². The minimum absolute atomic E-state index is 0.0944. The lowest BCUT2D eigenvalue weighted by molar-refractivity contribution is 0.553. The second-order valence-electron chi connectivity index (χ2n) is 4.12. The summed E-state index contributed by atoms with van der Waals surface area (Å²) in [5.41, 5.74) is 7.97. The van der Waals surface area contributed by atoms with Crippen molar-refractivity contribution in [3.8, 4) is 12.3 Å². The van der Waals surface area contributed by atoms with Gasteiger partial charge in [-0.05, 0) is 11.6 Å². The Balaban J connectivity index is 2.30. The smallest absolute Gasteiger partial charge is 0.0750 e. The van der Waals surface area contributed by atoms with Crippen LogP contribution >= 0.6 is 0 Å². The molecule has 0 aliphatic rings. The fourth-order valence-electron chi connectivity index (χ4n) is 2.05. The molecule has 2 rings (SSSR count). The standard InChI is InChI=1S/C15H17N3/c1-2-3-9-17-14(11-16)13-8-4-6-12-7-5-10-18-15(12)13/h1,4-8,10,14,17H,3,9,11,16H2. The number of nitrogens with two attached hydrogens (primary N) is 1. The topological polar surface area (TPSA) is 50.9 Å². The maximum Gasteiger partial charge on any atom is 0.0750 e. The minimum Gasteiger partial charge on any atom is -0.329 e. The molecule has 92 valence electrons. The Morgan fingerprint density at radius 1 is 1.33 bits per heavy atom. The number of pyridine rings is 1. The van der Waals surface area contributed by atoms with Crippen molar-refractivity contribution in [3.05, 3.63) is 42.1 Å². The molecular weight excluding hydrogens is 222 g/mol. The molecule has 3 heteroatoms. The van der Waals surface area contributed by atoms with Gasteiger partial charge in [0.25, 0.3) is 0 Å². The van der Waals surface area contributed by atoms with Crippen LogP contribution in [0, 0.1) is 12.3 Å². The van der Waals surface area contributed by atoms with E-state index in [1.807, 2.05) is 12.1 Å². The van der Waals surface area contributed by atoms with E-state index in [-0.39, 0.29) is 6.04 Å². The monoisotopic (exact) mass is 239 g/mol. The zero-order valence-electron chi connectivity index (χ0n) is 10.3. The lowest BCUT2D eigenvalue weighted by Crippen LogP contribution is -2.29. The van der Waals surface area contributed by atoms with E-state index < -0.39 is 0 Å². The molecule has 0 fully saturated rings. The molecule has 3 N–H and O–H groups in total. The Kier molecular flexibility index (Phi) is 4.30. The lowest BCUT2D eigenvalue weighted by Gasteiger charge is -2.18. The Hall–Kier alpha value is -1.89. The van der Waals surface area contributed by atoms with Gasteiger partial charge >= 0.3 is 0 Å². The molecular formula is C15H17N3. The van der Waals surface area contributed by atoms with Gasteiger partial charge in [-0.2, -0.15) is 0 Å². The van der Waals surface area contributed by atoms with Crippen LogP contribution in [-0.2, 0) is 0 Å². The molecule has 0 saturated heterocycles. The van der Waals surface area contributed by atoms with Crippen molar-refractivity contribution in [2.45, 2.75) is 12.5 Å². The first-order chi connectivity index (χ1) is 8.86. The number of fused-ring (bicyclic) bond motifs is 1. The van der Waals surface area contributed by atoms with Crippen LogP contribution in [0.5, 0.6) is 0 Å². The molecule has 3 nitrogen and oxygen atoms in total. The summed E-state index contributed by atoms with van der Waals surface area (Å²) in [5.74, 6) is 2.62. The Morgan fingerprint density at radius 3 is 2.94 bits per heavy atom. The maximum atomic E-state index is 5.84. The van der Waals surface area contributed by atoms with Crippen LogP contribution in [0.3, 0.4) is 0 Å². The van der Waals surface area contributed by atoms with Crippen LogP contribution in [-0.4, -0.2) is 18.1 Å². The Morgan fingerprint density at radius 2 is 2.17 bits per heavy atom. The van der Waals surface area contributed by atoms with Crippen LogP contribution in [0.25, 0.3) is 10.9 Å². The molecule has 0 aliphatic heterocycles. The Bertz CT molecular complexity index is 552. The summed E-state index contributed by atoms with van der Waals surface area (Å²) in [6.07, 6.45) is 7.76. The molecule has 0 aliphatic carbocycles. The molecule has 1 atom stereocenters. The van der Waals surface area contributed by atoms with Crippen LogP contribution in [0.15, 0.2) is 36.5 Å². The number of benzene rings is 1. The van der Waals surface area contributed by atoms with Crippen LogP contribution < -0.4 is 11.1 Å². The first-order valence-corrected chi connectivity index (χ1v) is 6.07. The number of nitrogens with one attached hydrogen (secondary N) is 1. The highest BCUT2D eigenvalue weighted by molar-refractivity contribution is 5.82. The van der Waals surface area contributed by atoms with E-state index in [4.69, 9.17) is 12.2 Å². The molecule has 0 bridgehead atoms. The van der Waals surface area contributed by atoms with Gasteiger partial charge in [0.1, 0.15) is 0 Å². The van der Waals surface area contributed by atoms with Crippen molar-refractivity contribution in [3.63, 3.8) is 0 Å². The van der Waals surface area contributed by atoms with Crippen molar-refractivity contribution in [2.24, 2.45) is 5.73 Å². The van der Waals surface area contributed by atoms with Crippen molar-refractivity contribution in [1.29, 1.82) is 0 Å². The highest BCUT2D eigenvalue weighted by Gasteiger charge is 2.12. The van der Waals surface area contributed by atoms with E-state index in [9.17, 15) is 0 Å². The molecule has 0 radical (unpaired) electrons. The summed E-state index contributed by atoms with van der Waals surface area (Å²) in [6.45, 7) is 1.29. The van der Waals surface area contributed by atoms with Gasteiger partial charge in [0, 0.05) is 37.1 Å². The first-order valence-electron chi connectivity index (χ1n) is 6.07. The third kappa shape index (κ3) is 2.67. The predicted molar refractivity (Wildman–Crippen MR) is 75.0 cm³/mol. The summed E-state index contributed by atoms with van der Waals surface area (Å²) in [7, 11) is 0. The molecule has 1 aromatic carbocycles. The second-order valence-corrected chi connectivity index (χ2v) is 4.12.